The van der Waals surface area contributed by atoms with E-state index in [-0.39, 0.29) is 6.54 Å². The Hall–Kier alpha value is -1.22. The minimum Gasteiger partial charge on any atom is -0.312 e. The maximum absolute atomic E-state index is 12.3. The van der Waals surface area contributed by atoms with Crippen LogP contribution in [-0.4, -0.2) is 25.2 Å². The lowest BCUT2D eigenvalue weighted by Crippen LogP contribution is -2.23. The lowest BCUT2D eigenvalue weighted by Gasteiger charge is -2.04. The second kappa shape index (κ2) is 7.17. The van der Waals surface area contributed by atoms with Gasteiger partial charge in [-0.1, -0.05) is 6.92 Å². The van der Waals surface area contributed by atoms with Crippen molar-refractivity contribution in [3.8, 4) is 0 Å². The summed E-state index contributed by atoms with van der Waals surface area (Å²) in [5.41, 5.74) is 0.802. The van der Waals surface area contributed by atoms with Crippen LogP contribution in [0.4, 0.5) is 0 Å². The third-order valence-corrected chi connectivity index (χ3v) is 5.67. The largest absolute Gasteiger partial charge is 0.312 e. The third kappa shape index (κ3) is 4.37. The summed E-state index contributed by atoms with van der Waals surface area (Å²) in [6.45, 7) is 5.80. The summed E-state index contributed by atoms with van der Waals surface area (Å²) < 4.78 is 27.3. The van der Waals surface area contributed by atoms with E-state index >= 15 is 0 Å². The highest BCUT2D eigenvalue weighted by Gasteiger charge is 2.19. The quantitative estimate of drug-likeness (QED) is 0.644. The fourth-order valence-corrected chi connectivity index (χ4v) is 4.52. The molecule has 0 saturated carbocycles. The number of aromatic nitrogens is 2. The Balaban J connectivity index is 2.05. The maximum atomic E-state index is 12.3. The molecule has 8 heteroatoms. The number of nitrogens with one attached hydrogen (secondary N) is 3. The van der Waals surface area contributed by atoms with Crippen molar-refractivity contribution in [2.75, 3.05) is 6.54 Å². The predicted molar refractivity (Wildman–Crippen MR) is 83.7 cm³/mol. The molecule has 0 spiro atoms. The average molecular weight is 328 g/mol. The number of sulfonamides is 1. The van der Waals surface area contributed by atoms with Crippen molar-refractivity contribution in [3.05, 3.63) is 33.8 Å². The first-order valence-corrected chi connectivity index (χ1v) is 9.10. The molecule has 0 saturated heterocycles. The molecule has 3 N–H and O–H groups in total. The summed E-state index contributed by atoms with van der Waals surface area (Å²) in [6, 6.07) is 1.75. The number of hydrogen-bond acceptors (Lipinski definition) is 5. The molecule has 21 heavy (non-hydrogen) atoms. The zero-order chi connectivity index (χ0) is 15.3. The van der Waals surface area contributed by atoms with Gasteiger partial charge in [-0.3, -0.25) is 5.10 Å². The molecule has 2 heterocycles. The highest BCUT2D eigenvalue weighted by Crippen LogP contribution is 2.25. The van der Waals surface area contributed by atoms with Crippen LogP contribution in [-0.2, 0) is 23.1 Å². The minimum atomic E-state index is -3.49. The van der Waals surface area contributed by atoms with Crippen LogP contribution in [0.5, 0.6) is 0 Å². The van der Waals surface area contributed by atoms with Crippen LogP contribution in [0.2, 0.25) is 0 Å². The first-order chi connectivity index (χ1) is 10.0. The predicted octanol–water partition coefficient (Wildman–Crippen LogP) is 1.76. The highest BCUT2D eigenvalue weighted by molar-refractivity contribution is 7.89. The number of thiophene rings is 1. The molecule has 0 aliphatic carbocycles. The van der Waals surface area contributed by atoms with Crippen molar-refractivity contribution in [1.29, 1.82) is 0 Å². The minimum absolute atomic E-state index is 0.234. The number of nitrogens with zero attached hydrogens (tertiary/aromatic N) is 1. The van der Waals surface area contributed by atoms with Crippen molar-refractivity contribution in [3.63, 3.8) is 0 Å². The summed E-state index contributed by atoms with van der Waals surface area (Å²) in [7, 11) is -3.49. The zero-order valence-electron chi connectivity index (χ0n) is 12.1. The fraction of sp³-hybridized carbons (Fsp3) is 0.462. The second-order valence-electron chi connectivity index (χ2n) is 4.74. The molecule has 0 aliphatic heterocycles. The number of hydrogen-bond donors (Lipinski definition) is 3. The lowest BCUT2D eigenvalue weighted by molar-refractivity contribution is 0.581. The zero-order valence-corrected chi connectivity index (χ0v) is 13.8. The Kier molecular flexibility index (Phi) is 5.51. The molecule has 0 amide bonds. The Bertz CT molecular complexity index is 662. The van der Waals surface area contributed by atoms with E-state index in [2.05, 4.69) is 27.2 Å². The molecule has 0 unspecified atom stereocenters. The van der Waals surface area contributed by atoms with Crippen molar-refractivity contribution >= 4 is 21.4 Å². The van der Waals surface area contributed by atoms with Gasteiger partial charge in [-0.25, -0.2) is 13.1 Å². The first kappa shape index (κ1) is 16.2. The molecule has 6 nitrogen and oxygen atoms in total. The van der Waals surface area contributed by atoms with E-state index in [1.54, 1.807) is 18.5 Å². The normalized spacial score (nSPS) is 11.9. The summed E-state index contributed by atoms with van der Waals surface area (Å²) in [4.78, 5) is 2.21. The topological polar surface area (TPSA) is 86.9 Å². The van der Waals surface area contributed by atoms with Crippen molar-refractivity contribution in [1.82, 2.24) is 20.2 Å². The van der Waals surface area contributed by atoms with Gasteiger partial charge in [-0.05, 0) is 26.0 Å². The molecule has 0 atom stereocenters. The molecule has 0 bridgehead atoms. The monoisotopic (exact) mass is 328 g/mol. The average Bonchev–Trinajstić information content (AvgIpc) is 3.07. The van der Waals surface area contributed by atoms with Gasteiger partial charge < -0.3 is 5.32 Å². The second-order valence-corrected chi connectivity index (χ2v) is 7.82. The van der Waals surface area contributed by atoms with E-state index in [1.165, 1.54) is 11.3 Å². The molecule has 116 valence electrons. The summed E-state index contributed by atoms with van der Waals surface area (Å²) in [5.74, 6) is 0. The summed E-state index contributed by atoms with van der Waals surface area (Å²) in [6.07, 6.45) is 4.33. The molecule has 0 aliphatic rings. The first-order valence-electron chi connectivity index (χ1n) is 6.80. The Labute approximate surface area is 129 Å². The standard InChI is InChI=1S/C13H20N4O2S2/c1-3-4-14-9-12-5-13(10(2)20-12)21(18,19)17-8-11-6-15-16-7-11/h5-7,14,17H,3-4,8-9H2,1-2H3,(H,15,16). The van der Waals surface area contributed by atoms with Gasteiger partial charge in [0.05, 0.1) is 11.1 Å². The SMILES string of the molecule is CCCNCc1cc(S(=O)(=O)NCc2cn[nH]c2)c(C)s1. The Morgan fingerprint density at radius 2 is 2.19 bits per heavy atom. The van der Waals surface area contributed by atoms with Crippen LogP contribution in [0.1, 0.15) is 28.7 Å². The molecule has 2 aromatic heterocycles. The Morgan fingerprint density at radius 1 is 1.38 bits per heavy atom. The van der Waals surface area contributed by atoms with E-state index in [9.17, 15) is 8.42 Å². The van der Waals surface area contributed by atoms with Gasteiger partial charge in [0.25, 0.3) is 0 Å². The molecule has 2 aromatic rings. The van der Waals surface area contributed by atoms with Crippen molar-refractivity contribution < 1.29 is 8.42 Å². The van der Waals surface area contributed by atoms with Crippen LogP contribution < -0.4 is 10.0 Å². The van der Waals surface area contributed by atoms with Crippen molar-refractivity contribution in [2.45, 2.75) is 38.3 Å². The molecule has 0 aromatic carbocycles. The lowest BCUT2D eigenvalue weighted by atomic mass is 10.4. The molecular formula is C13H20N4O2S2. The summed E-state index contributed by atoms with van der Waals surface area (Å²) in [5, 5.41) is 9.73. The molecular weight excluding hydrogens is 308 g/mol. The van der Waals surface area contributed by atoms with E-state index < -0.39 is 10.0 Å². The third-order valence-electron chi connectivity index (χ3n) is 2.96. The van der Waals surface area contributed by atoms with E-state index in [4.69, 9.17) is 0 Å². The fourth-order valence-electron chi connectivity index (χ4n) is 1.90. The van der Waals surface area contributed by atoms with Gasteiger partial charge in [0.15, 0.2) is 0 Å². The number of rotatable bonds is 8. The van der Waals surface area contributed by atoms with Gasteiger partial charge in [-0.15, -0.1) is 11.3 Å². The van der Waals surface area contributed by atoms with Gasteiger partial charge >= 0.3 is 0 Å². The number of H-pyrrole nitrogens is 1. The smallest absolute Gasteiger partial charge is 0.241 e. The van der Waals surface area contributed by atoms with Crippen LogP contribution >= 0.6 is 11.3 Å². The highest BCUT2D eigenvalue weighted by atomic mass is 32.2. The molecule has 0 radical (unpaired) electrons. The van der Waals surface area contributed by atoms with Gasteiger partial charge in [-0.2, -0.15) is 5.10 Å². The van der Waals surface area contributed by atoms with Gasteiger partial charge in [0, 0.05) is 34.6 Å². The van der Waals surface area contributed by atoms with Crippen LogP contribution in [0.3, 0.4) is 0 Å². The van der Waals surface area contributed by atoms with Crippen LogP contribution in [0.25, 0.3) is 0 Å². The van der Waals surface area contributed by atoms with Crippen molar-refractivity contribution in [2.24, 2.45) is 0 Å². The van der Waals surface area contributed by atoms with E-state index in [0.717, 1.165) is 28.3 Å². The van der Waals surface area contributed by atoms with E-state index in [0.29, 0.717) is 11.4 Å². The molecule has 2 rings (SSSR count). The van der Waals surface area contributed by atoms with Crippen LogP contribution in [0.15, 0.2) is 23.4 Å². The summed E-state index contributed by atoms with van der Waals surface area (Å²) >= 11 is 1.51. The number of aryl methyl sites for hydroxylation is 1. The number of aromatic amines is 1. The van der Waals surface area contributed by atoms with Crippen LogP contribution in [0, 0.1) is 6.92 Å². The maximum Gasteiger partial charge on any atom is 0.241 e. The van der Waals surface area contributed by atoms with Gasteiger partial charge in [0.1, 0.15) is 0 Å². The van der Waals surface area contributed by atoms with E-state index in [1.807, 2.05) is 6.92 Å². The Morgan fingerprint density at radius 3 is 2.86 bits per heavy atom. The van der Waals surface area contributed by atoms with Gasteiger partial charge in [0.2, 0.25) is 10.0 Å². The molecule has 0 fully saturated rings.